The Bertz CT molecular complexity index is 638. The van der Waals surface area contributed by atoms with Crippen molar-refractivity contribution in [2.45, 2.75) is 33.1 Å². The van der Waals surface area contributed by atoms with Crippen molar-refractivity contribution < 1.29 is 9.90 Å². The summed E-state index contributed by atoms with van der Waals surface area (Å²) in [4.78, 5) is 16.0. The molecule has 0 aliphatic carbocycles. The Morgan fingerprint density at radius 1 is 1.39 bits per heavy atom. The quantitative estimate of drug-likeness (QED) is 0.878. The van der Waals surface area contributed by atoms with Gasteiger partial charge in [-0.05, 0) is 35.0 Å². The maximum absolute atomic E-state index is 11.5. The molecule has 0 aliphatic rings. The molecule has 96 valence electrons. The number of fused-ring (bicyclic) bond motifs is 1. The maximum Gasteiger partial charge on any atom is 0.354 e. The zero-order chi connectivity index (χ0) is 13.7. The SMILES string of the molecule is Cc1c(Br)ccc2nc(C(C)(C)C)c(C(=O)O)n12. The Kier molecular flexibility index (Phi) is 2.97. The first-order valence-corrected chi connectivity index (χ1v) is 6.44. The van der Waals surface area contributed by atoms with Crippen molar-refractivity contribution in [1.82, 2.24) is 9.38 Å². The second kappa shape index (κ2) is 4.09. The van der Waals surface area contributed by atoms with Crippen molar-refractivity contribution >= 4 is 27.5 Å². The highest BCUT2D eigenvalue weighted by atomic mass is 79.9. The van der Waals surface area contributed by atoms with Crippen molar-refractivity contribution in [2.75, 3.05) is 0 Å². The lowest BCUT2D eigenvalue weighted by Gasteiger charge is -2.16. The highest BCUT2D eigenvalue weighted by Gasteiger charge is 2.28. The number of nitrogens with zero attached hydrogens (tertiary/aromatic N) is 2. The van der Waals surface area contributed by atoms with Crippen LogP contribution in [0.1, 0.15) is 42.6 Å². The van der Waals surface area contributed by atoms with E-state index in [9.17, 15) is 9.90 Å². The van der Waals surface area contributed by atoms with Crippen LogP contribution in [0.2, 0.25) is 0 Å². The van der Waals surface area contributed by atoms with E-state index in [4.69, 9.17) is 0 Å². The van der Waals surface area contributed by atoms with Gasteiger partial charge in [0.25, 0.3) is 0 Å². The zero-order valence-corrected chi connectivity index (χ0v) is 12.4. The lowest BCUT2D eigenvalue weighted by Crippen LogP contribution is -2.18. The highest BCUT2D eigenvalue weighted by Crippen LogP contribution is 2.29. The smallest absolute Gasteiger partial charge is 0.354 e. The summed E-state index contributed by atoms with van der Waals surface area (Å²) in [6.45, 7) is 7.76. The number of aryl methyl sites for hydroxylation is 1. The minimum absolute atomic E-state index is 0.247. The van der Waals surface area contributed by atoms with E-state index in [0.29, 0.717) is 11.3 Å². The molecule has 0 spiro atoms. The van der Waals surface area contributed by atoms with E-state index in [1.165, 1.54) is 0 Å². The minimum Gasteiger partial charge on any atom is -0.477 e. The number of carbonyl (C=O) groups is 1. The molecule has 0 unspecified atom stereocenters. The van der Waals surface area contributed by atoms with Gasteiger partial charge in [0.1, 0.15) is 5.65 Å². The van der Waals surface area contributed by atoms with Crippen molar-refractivity contribution in [3.8, 4) is 0 Å². The molecule has 0 saturated heterocycles. The van der Waals surface area contributed by atoms with E-state index < -0.39 is 5.97 Å². The van der Waals surface area contributed by atoms with Gasteiger partial charge in [0.15, 0.2) is 5.69 Å². The second-order valence-corrected chi connectivity index (χ2v) is 6.18. The number of rotatable bonds is 1. The number of hydrogen-bond acceptors (Lipinski definition) is 2. The molecule has 2 rings (SSSR count). The molecule has 0 radical (unpaired) electrons. The van der Waals surface area contributed by atoms with Crippen LogP contribution in [0, 0.1) is 6.92 Å². The van der Waals surface area contributed by atoms with Crippen LogP contribution >= 0.6 is 15.9 Å². The van der Waals surface area contributed by atoms with Gasteiger partial charge in [0.05, 0.1) is 5.69 Å². The standard InChI is InChI=1S/C13H15BrN2O2/c1-7-8(14)5-6-9-15-11(13(2,3)4)10(12(17)18)16(7)9/h5-6H,1-4H3,(H,17,18). The largest absolute Gasteiger partial charge is 0.477 e. The molecule has 2 aromatic rings. The Morgan fingerprint density at radius 3 is 2.50 bits per heavy atom. The molecular formula is C13H15BrN2O2. The average molecular weight is 311 g/mol. The van der Waals surface area contributed by atoms with Gasteiger partial charge in [0.2, 0.25) is 0 Å². The third-order valence-corrected chi connectivity index (χ3v) is 3.71. The van der Waals surface area contributed by atoms with Gasteiger partial charge >= 0.3 is 5.97 Å². The van der Waals surface area contributed by atoms with E-state index in [2.05, 4.69) is 20.9 Å². The zero-order valence-electron chi connectivity index (χ0n) is 10.8. The summed E-state index contributed by atoms with van der Waals surface area (Å²) < 4.78 is 2.56. The molecule has 0 atom stereocenters. The number of carboxylic acids is 1. The number of pyridine rings is 1. The van der Waals surface area contributed by atoms with Crippen molar-refractivity contribution in [3.05, 3.63) is 33.7 Å². The summed E-state index contributed by atoms with van der Waals surface area (Å²) in [7, 11) is 0. The van der Waals surface area contributed by atoms with E-state index in [0.717, 1.165) is 10.2 Å². The second-order valence-electron chi connectivity index (χ2n) is 5.32. The monoisotopic (exact) mass is 310 g/mol. The molecule has 0 aromatic carbocycles. The summed E-state index contributed by atoms with van der Waals surface area (Å²) in [5.41, 5.74) is 2.05. The summed E-state index contributed by atoms with van der Waals surface area (Å²) >= 11 is 3.42. The summed E-state index contributed by atoms with van der Waals surface area (Å²) in [6, 6.07) is 3.70. The molecule has 18 heavy (non-hydrogen) atoms. The number of aromatic carboxylic acids is 1. The molecule has 0 fully saturated rings. The number of aromatic nitrogens is 2. The number of carboxylic acid groups (broad SMARTS) is 1. The normalized spacial score (nSPS) is 12.1. The maximum atomic E-state index is 11.5. The number of hydrogen-bond donors (Lipinski definition) is 1. The van der Waals surface area contributed by atoms with Crippen LogP contribution in [0.15, 0.2) is 16.6 Å². The predicted molar refractivity (Wildman–Crippen MR) is 73.3 cm³/mol. The summed E-state index contributed by atoms with van der Waals surface area (Å²) in [5.74, 6) is -0.950. The van der Waals surface area contributed by atoms with Gasteiger partial charge in [-0.15, -0.1) is 0 Å². The van der Waals surface area contributed by atoms with Gasteiger partial charge in [-0.1, -0.05) is 20.8 Å². The lowest BCUT2D eigenvalue weighted by molar-refractivity contribution is 0.0686. The first-order chi connectivity index (χ1) is 8.23. The fraction of sp³-hybridized carbons (Fsp3) is 0.385. The average Bonchev–Trinajstić information content (AvgIpc) is 2.63. The van der Waals surface area contributed by atoms with Crippen LogP contribution in [0.5, 0.6) is 0 Å². The van der Waals surface area contributed by atoms with Gasteiger partial charge in [-0.25, -0.2) is 9.78 Å². The van der Waals surface area contributed by atoms with Crippen molar-refractivity contribution in [1.29, 1.82) is 0 Å². The van der Waals surface area contributed by atoms with Gasteiger partial charge < -0.3 is 5.11 Å². The third kappa shape index (κ3) is 1.92. The molecule has 0 aliphatic heterocycles. The van der Waals surface area contributed by atoms with Crippen LogP contribution < -0.4 is 0 Å². The molecular weight excluding hydrogens is 296 g/mol. The first-order valence-electron chi connectivity index (χ1n) is 5.65. The van der Waals surface area contributed by atoms with Crippen LogP contribution in [0.4, 0.5) is 0 Å². The highest BCUT2D eigenvalue weighted by molar-refractivity contribution is 9.10. The fourth-order valence-corrected chi connectivity index (χ4v) is 2.29. The van der Waals surface area contributed by atoms with Gasteiger partial charge in [-0.2, -0.15) is 0 Å². The Hall–Kier alpha value is -1.36. The molecule has 2 heterocycles. The number of halogens is 1. The third-order valence-electron chi connectivity index (χ3n) is 2.88. The molecule has 5 heteroatoms. The summed E-state index contributed by atoms with van der Waals surface area (Å²) in [6.07, 6.45) is 0. The van der Waals surface area contributed by atoms with Gasteiger partial charge in [-0.3, -0.25) is 4.40 Å². The van der Waals surface area contributed by atoms with E-state index in [-0.39, 0.29) is 11.1 Å². The Balaban J connectivity index is 2.95. The van der Waals surface area contributed by atoms with E-state index in [1.807, 2.05) is 39.8 Å². The Labute approximate surface area is 114 Å². The lowest BCUT2D eigenvalue weighted by atomic mass is 9.90. The summed E-state index contributed by atoms with van der Waals surface area (Å²) in [5, 5.41) is 9.46. The molecule has 2 aromatic heterocycles. The molecule has 0 amide bonds. The van der Waals surface area contributed by atoms with Crippen LogP contribution in [-0.2, 0) is 5.41 Å². The molecule has 4 nitrogen and oxygen atoms in total. The topological polar surface area (TPSA) is 54.6 Å². The van der Waals surface area contributed by atoms with E-state index in [1.54, 1.807) is 4.40 Å². The van der Waals surface area contributed by atoms with E-state index >= 15 is 0 Å². The van der Waals surface area contributed by atoms with Crippen LogP contribution in [0.3, 0.4) is 0 Å². The molecule has 0 bridgehead atoms. The molecule has 0 saturated carbocycles. The minimum atomic E-state index is -0.950. The van der Waals surface area contributed by atoms with Gasteiger partial charge in [0, 0.05) is 15.6 Å². The van der Waals surface area contributed by atoms with Crippen LogP contribution in [0.25, 0.3) is 5.65 Å². The first kappa shape index (κ1) is 13.1. The number of imidazole rings is 1. The van der Waals surface area contributed by atoms with Crippen molar-refractivity contribution in [2.24, 2.45) is 0 Å². The Morgan fingerprint density at radius 2 is 2.00 bits per heavy atom. The molecule has 1 N–H and O–H groups in total. The van der Waals surface area contributed by atoms with Crippen LogP contribution in [-0.4, -0.2) is 20.5 Å². The van der Waals surface area contributed by atoms with Crippen molar-refractivity contribution in [3.63, 3.8) is 0 Å². The predicted octanol–water partition coefficient (Wildman–Crippen LogP) is 3.40. The fourth-order valence-electron chi connectivity index (χ4n) is 1.98.